The van der Waals surface area contributed by atoms with Gasteiger partial charge in [0.2, 0.25) is 10.0 Å². The van der Waals surface area contributed by atoms with Gasteiger partial charge in [0, 0.05) is 25.8 Å². The third kappa shape index (κ3) is 6.64. The number of anilines is 2. The predicted molar refractivity (Wildman–Crippen MR) is 92.0 cm³/mol. The first kappa shape index (κ1) is 18.7. The van der Waals surface area contributed by atoms with Gasteiger partial charge in [-0.1, -0.05) is 13.3 Å². The summed E-state index contributed by atoms with van der Waals surface area (Å²) in [7, 11) is -1.73. The molecule has 1 aromatic rings. The number of hydrogen-bond donors (Lipinski definition) is 3. The largest absolute Gasteiger partial charge is 0.390 e. The molecule has 7 heteroatoms. The standard InChI is InChI=1S/C15H27N3O3S/c1-4-5-10-16-11-15(19)12-17-13-6-8-14(9-7-13)18(2)22(3,20)21/h6-9,15-17,19H,4-5,10-12H2,1-3H3. The van der Waals surface area contributed by atoms with Crippen molar-refractivity contribution < 1.29 is 13.5 Å². The number of benzene rings is 1. The summed E-state index contributed by atoms with van der Waals surface area (Å²) in [6, 6.07) is 7.06. The van der Waals surface area contributed by atoms with Crippen molar-refractivity contribution >= 4 is 21.4 Å². The Morgan fingerprint density at radius 1 is 1.23 bits per heavy atom. The van der Waals surface area contributed by atoms with Gasteiger partial charge in [0.1, 0.15) is 0 Å². The zero-order valence-electron chi connectivity index (χ0n) is 13.5. The molecule has 0 amide bonds. The monoisotopic (exact) mass is 329 g/mol. The van der Waals surface area contributed by atoms with Crippen LogP contribution in [0.5, 0.6) is 0 Å². The Bertz CT molecular complexity index is 531. The van der Waals surface area contributed by atoms with Crippen LogP contribution in [0.1, 0.15) is 19.8 Å². The summed E-state index contributed by atoms with van der Waals surface area (Å²) in [5, 5.41) is 16.2. The topological polar surface area (TPSA) is 81.7 Å². The Labute approximate surface area is 133 Å². The van der Waals surface area contributed by atoms with Gasteiger partial charge < -0.3 is 15.7 Å². The molecular formula is C15H27N3O3S. The van der Waals surface area contributed by atoms with Crippen LogP contribution in [0.15, 0.2) is 24.3 Å². The van der Waals surface area contributed by atoms with Crippen LogP contribution in [0, 0.1) is 0 Å². The second-order valence-corrected chi connectivity index (χ2v) is 7.38. The van der Waals surface area contributed by atoms with E-state index in [9.17, 15) is 13.5 Å². The van der Waals surface area contributed by atoms with Crippen LogP contribution in [0.4, 0.5) is 11.4 Å². The van der Waals surface area contributed by atoms with Gasteiger partial charge in [-0.05, 0) is 37.2 Å². The van der Waals surface area contributed by atoms with Crippen molar-refractivity contribution in [1.82, 2.24) is 5.32 Å². The van der Waals surface area contributed by atoms with Crippen molar-refractivity contribution in [3.8, 4) is 0 Å². The molecule has 0 aliphatic rings. The van der Waals surface area contributed by atoms with E-state index in [4.69, 9.17) is 0 Å². The van der Waals surface area contributed by atoms with Gasteiger partial charge in [-0.25, -0.2) is 8.42 Å². The van der Waals surface area contributed by atoms with Crippen LogP contribution < -0.4 is 14.9 Å². The fraction of sp³-hybridized carbons (Fsp3) is 0.600. The number of rotatable bonds is 10. The van der Waals surface area contributed by atoms with Gasteiger partial charge in [-0.3, -0.25) is 4.31 Å². The normalized spacial score (nSPS) is 12.9. The molecule has 1 aromatic carbocycles. The first-order valence-corrected chi connectivity index (χ1v) is 9.36. The van der Waals surface area contributed by atoms with E-state index in [1.54, 1.807) is 24.3 Å². The van der Waals surface area contributed by atoms with Gasteiger partial charge >= 0.3 is 0 Å². The minimum absolute atomic E-state index is 0.445. The van der Waals surface area contributed by atoms with E-state index in [1.807, 2.05) is 0 Å². The molecule has 1 unspecified atom stereocenters. The number of nitrogens with zero attached hydrogens (tertiary/aromatic N) is 1. The molecule has 0 bridgehead atoms. The first-order valence-electron chi connectivity index (χ1n) is 7.51. The van der Waals surface area contributed by atoms with Crippen LogP contribution in [0.2, 0.25) is 0 Å². The van der Waals surface area contributed by atoms with Crippen molar-refractivity contribution in [1.29, 1.82) is 0 Å². The molecule has 3 N–H and O–H groups in total. The number of sulfonamides is 1. The van der Waals surface area contributed by atoms with Crippen LogP contribution in [0.3, 0.4) is 0 Å². The van der Waals surface area contributed by atoms with Crippen molar-refractivity contribution in [2.24, 2.45) is 0 Å². The molecular weight excluding hydrogens is 302 g/mol. The van der Waals surface area contributed by atoms with Crippen LogP contribution >= 0.6 is 0 Å². The maximum atomic E-state index is 11.4. The molecule has 1 atom stereocenters. The van der Waals surface area contributed by atoms with E-state index in [0.717, 1.165) is 25.1 Å². The second kappa shape index (κ2) is 8.97. The summed E-state index contributed by atoms with van der Waals surface area (Å²) in [5.41, 5.74) is 1.45. The predicted octanol–water partition coefficient (Wildman–Crippen LogP) is 1.24. The number of aliphatic hydroxyl groups is 1. The maximum absolute atomic E-state index is 11.4. The minimum Gasteiger partial charge on any atom is -0.390 e. The van der Waals surface area contributed by atoms with Crippen molar-refractivity contribution in [2.75, 3.05) is 42.6 Å². The number of unbranched alkanes of at least 4 members (excludes halogenated alkanes) is 1. The lowest BCUT2D eigenvalue weighted by Crippen LogP contribution is -2.32. The molecule has 0 spiro atoms. The summed E-state index contributed by atoms with van der Waals surface area (Å²) in [6.07, 6.45) is 2.95. The Kier molecular flexibility index (Phi) is 7.64. The molecule has 0 heterocycles. The average molecular weight is 329 g/mol. The third-order valence-corrected chi connectivity index (χ3v) is 4.56. The Morgan fingerprint density at radius 2 is 1.86 bits per heavy atom. The third-order valence-electron chi connectivity index (χ3n) is 3.36. The highest BCUT2D eigenvalue weighted by atomic mass is 32.2. The molecule has 0 saturated carbocycles. The Balaban J connectivity index is 2.41. The minimum atomic E-state index is -3.24. The summed E-state index contributed by atoms with van der Waals surface area (Å²) >= 11 is 0. The lowest BCUT2D eigenvalue weighted by Gasteiger charge is -2.17. The molecule has 0 aromatic heterocycles. The SMILES string of the molecule is CCCCNCC(O)CNc1ccc(N(C)S(C)(=O)=O)cc1. The Morgan fingerprint density at radius 3 is 2.41 bits per heavy atom. The van der Waals surface area contributed by atoms with E-state index in [0.29, 0.717) is 18.8 Å². The molecule has 0 fully saturated rings. The van der Waals surface area contributed by atoms with Crippen LogP contribution in [-0.4, -0.2) is 52.6 Å². The van der Waals surface area contributed by atoms with E-state index < -0.39 is 16.1 Å². The fourth-order valence-electron chi connectivity index (χ4n) is 1.86. The summed E-state index contributed by atoms with van der Waals surface area (Å²) in [5.74, 6) is 0. The number of nitrogens with one attached hydrogen (secondary N) is 2. The van der Waals surface area contributed by atoms with Gasteiger partial charge in [-0.2, -0.15) is 0 Å². The highest BCUT2D eigenvalue weighted by molar-refractivity contribution is 7.92. The number of hydrogen-bond acceptors (Lipinski definition) is 5. The molecule has 0 aliphatic heterocycles. The summed E-state index contributed by atoms with van der Waals surface area (Å²) in [6.45, 7) is 4.05. The second-order valence-electron chi connectivity index (χ2n) is 5.37. The van der Waals surface area contributed by atoms with E-state index >= 15 is 0 Å². The zero-order valence-corrected chi connectivity index (χ0v) is 14.4. The van der Waals surface area contributed by atoms with Crippen molar-refractivity contribution in [3.63, 3.8) is 0 Å². The number of aliphatic hydroxyl groups excluding tert-OH is 1. The van der Waals surface area contributed by atoms with Crippen LogP contribution in [-0.2, 0) is 10.0 Å². The zero-order chi connectivity index (χ0) is 16.6. The fourth-order valence-corrected chi connectivity index (χ4v) is 2.36. The molecule has 126 valence electrons. The van der Waals surface area contributed by atoms with Gasteiger partial charge in [-0.15, -0.1) is 0 Å². The van der Waals surface area contributed by atoms with E-state index in [-0.39, 0.29) is 0 Å². The first-order chi connectivity index (χ1) is 10.3. The smallest absolute Gasteiger partial charge is 0.231 e. The van der Waals surface area contributed by atoms with Gasteiger partial charge in [0.25, 0.3) is 0 Å². The quantitative estimate of drug-likeness (QED) is 0.563. The maximum Gasteiger partial charge on any atom is 0.231 e. The summed E-state index contributed by atoms with van der Waals surface area (Å²) in [4.78, 5) is 0. The highest BCUT2D eigenvalue weighted by Crippen LogP contribution is 2.18. The van der Waals surface area contributed by atoms with Crippen molar-refractivity contribution in [2.45, 2.75) is 25.9 Å². The summed E-state index contributed by atoms with van der Waals surface area (Å²) < 4.78 is 24.1. The van der Waals surface area contributed by atoms with E-state index in [2.05, 4.69) is 17.6 Å². The molecule has 0 saturated heterocycles. The molecule has 0 aliphatic carbocycles. The lowest BCUT2D eigenvalue weighted by atomic mass is 10.2. The highest BCUT2D eigenvalue weighted by Gasteiger charge is 2.11. The molecule has 0 radical (unpaired) electrons. The average Bonchev–Trinajstić information content (AvgIpc) is 2.48. The van der Waals surface area contributed by atoms with E-state index in [1.165, 1.54) is 17.6 Å². The molecule has 6 nitrogen and oxygen atoms in total. The van der Waals surface area contributed by atoms with Gasteiger partial charge in [0.15, 0.2) is 0 Å². The lowest BCUT2D eigenvalue weighted by molar-refractivity contribution is 0.184. The van der Waals surface area contributed by atoms with Crippen molar-refractivity contribution in [3.05, 3.63) is 24.3 Å². The van der Waals surface area contributed by atoms with Crippen LogP contribution in [0.25, 0.3) is 0 Å². The molecule has 1 rings (SSSR count). The Hall–Kier alpha value is -1.31. The molecule has 22 heavy (non-hydrogen) atoms. The van der Waals surface area contributed by atoms with Gasteiger partial charge in [0.05, 0.1) is 18.0 Å².